The highest BCUT2D eigenvalue weighted by Gasteiger charge is 2.21. The predicted octanol–water partition coefficient (Wildman–Crippen LogP) is 1.80. The SMILES string of the molecule is O=C(NCC(=O)N1CCCC1)c1nn(Cc2ccccc2)c(=O)c2ccccc12. The van der Waals surface area contributed by atoms with E-state index in [2.05, 4.69) is 10.4 Å². The third kappa shape index (κ3) is 4.03. The van der Waals surface area contributed by atoms with Crippen LogP contribution in [0.1, 0.15) is 28.9 Å². The summed E-state index contributed by atoms with van der Waals surface area (Å²) in [5, 5.41) is 7.91. The van der Waals surface area contributed by atoms with Gasteiger partial charge in [-0.2, -0.15) is 5.10 Å². The maximum Gasteiger partial charge on any atom is 0.274 e. The van der Waals surface area contributed by atoms with Crippen molar-refractivity contribution < 1.29 is 9.59 Å². The van der Waals surface area contributed by atoms with E-state index in [1.807, 2.05) is 30.3 Å². The fourth-order valence-electron chi connectivity index (χ4n) is 3.58. The standard InChI is InChI=1S/C22H22N4O3/c27-19(25-12-6-7-13-25)14-23-21(28)20-17-10-4-5-11-18(17)22(29)26(24-20)15-16-8-2-1-3-9-16/h1-5,8-11H,6-7,12-15H2,(H,23,28). The molecule has 3 aromatic rings. The molecule has 7 nitrogen and oxygen atoms in total. The van der Waals surface area contributed by atoms with E-state index in [0.29, 0.717) is 10.8 Å². The van der Waals surface area contributed by atoms with E-state index in [0.717, 1.165) is 31.5 Å². The number of amides is 2. The topological polar surface area (TPSA) is 84.3 Å². The summed E-state index contributed by atoms with van der Waals surface area (Å²) in [6.07, 6.45) is 1.99. The molecule has 7 heteroatoms. The predicted molar refractivity (Wildman–Crippen MR) is 110 cm³/mol. The van der Waals surface area contributed by atoms with Crippen LogP contribution in [0.3, 0.4) is 0 Å². The minimum atomic E-state index is -0.462. The molecule has 0 bridgehead atoms. The molecule has 0 unspecified atom stereocenters. The lowest BCUT2D eigenvalue weighted by Gasteiger charge is -2.16. The van der Waals surface area contributed by atoms with Crippen LogP contribution in [0.25, 0.3) is 10.8 Å². The quantitative estimate of drug-likeness (QED) is 0.720. The Kier molecular flexibility index (Phi) is 5.37. The van der Waals surface area contributed by atoms with Gasteiger partial charge in [0.2, 0.25) is 5.91 Å². The van der Waals surface area contributed by atoms with Gasteiger partial charge in [-0.05, 0) is 24.5 Å². The summed E-state index contributed by atoms with van der Waals surface area (Å²) in [7, 11) is 0. The number of fused-ring (bicyclic) bond motifs is 1. The van der Waals surface area contributed by atoms with Gasteiger partial charge in [-0.25, -0.2) is 4.68 Å². The summed E-state index contributed by atoms with van der Waals surface area (Å²) >= 11 is 0. The third-order valence-electron chi connectivity index (χ3n) is 5.12. The average Bonchev–Trinajstić information content (AvgIpc) is 3.30. The lowest BCUT2D eigenvalue weighted by atomic mass is 10.1. The van der Waals surface area contributed by atoms with Gasteiger partial charge in [0.05, 0.1) is 18.5 Å². The van der Waals surface area contributed by atoms with Gasteiger partial charge in [-0.3, -0.25) is 14.4 Å². The summed E-state index contributed by atoms with van der Waals surface area (Å²) in [5.41, 5.74) is 0.799. The number of carbonyl (C=O) groups is 2. The van der Waals surface area contributed by atoms with Gasteiger partial charge in [0, 0.05) is 18.5 Å². The number of hydrogen-bond acceptors (Lipinski definition) is 4. The van der Waals surface area contributed by atoms with Crippen LogP contribution in [-0.2, 0) is 11.3 Å². The highest BCUT2D eigenvalue weighted by molar-refractivity contribution is 6.05. The van der Waals surface area contributed by atoms with Crippen LogP contribution in [0.15, 0.2) is 59.4 Å². The smallest absolute Gasteiger partial charge is 0.274 e. The fraction of sp³-hybridized carbons (Fsp3) is 0.273. The van der Waals surface area contributed by atoms with Crippen LogP contribution in [0.2, 0.25) is 0 Å². The Morgan fingerprint density at radius 1 is 0.931 bits per heavy atom. The van der Waals surface area contributed by atoms with Crippen molar-refractivity contribution in [2.24, 2.45) is 0 Å². The first-order chi connectivity index (χ1) is 14.1. The summed E-state index contributed by atoms with van der Waals surface area (Å²) in [6, 6.07) is 16.4. The molecule has 1 N–H and O–H groups in total. The van der Waals surface area contributed by atoms with Gasteiger partial charge in [0.1, 0.15) is 0 Å². The number of nitrogens with one attached hydrogen (secondary N) is 1. The van der Waals surface area contributed by atoms with Crippen molar-refractivity contribution in [1.82, 2.24) is 20.0 Å². The molecule has 2 amide bonds. The summed E-state index contributed by atoms with van der Waals surface area (Å²) in [6.45, 7) is 1.65. The molecule has 1 aromatic heterocycles. The van der Waals surface area contributed by atoms with Crippen molar-refractivity contribution in [3.8, 4) is 0 Å². The van der Waals surface area contributed by atoms with E-state index in [1.54, 1.807) is 29.2 Å². The molecule has 1 aliphatic rings. The van der Waals surface area contributed by atoms with Gasteiger partial charge < -0.3 is 10.2 Å². The molecular formula is C22H22N4O3. The molecule has 2 aromatic carbocycles. The zero-order valence-electron chi connectivity index (χ0n) is 16.0. The van der Waals surface area contributed by atoms with E-state index in [4.69, 9.17) is 0 Å². The Labute approximate surface area is 167 Å². The lowest BCUT2D eigenvalue weighted by Crippen LogP contribution is -2.39. The van der Waals surface area contributed by atoms with Crippen molar-refractivity contribution in [3.05, 3.63) is 76.2 Å². The van der Waals surface area contributed by atoms with Crippen molar-refractivity contribution in [2.45, 2.75) is 19.4 Å². The van der Waals surface area contributed by atoms with E-state index >= 15 is 0 Å². The Bertz CT molecular complexity index is 1100. The highest BCUT2D eigenvalue weighted by atomic mass is 16.2. The first kappa shape index (κ1) is 18.9. The van der Waals surface area contributed by atoms with Gasteiger partial charge in [-0.1, -0.05) is 48.5 Å². The van der Waals surface area contributed by atoms with E-state index < -0.39 is 5.91 Å². The number of rotatable bonds is 5. The molecule has 1 fully saturated rings. The average molecular weight is 390 g/mol. The fourth-order valence-corrected chi connectivity index (χ4v) is 3.58. The highest BCUT2D eigenvalue weighted by Crippen LogP contribution is 2.14. The second kappa shape index (κ2) is 8.26. The van der Waals surface area contributed by atoms with Crippen molar-refractivity contribution in [1.29, 1.82) is 0 Å². The summed E-state index contributed by atoms with van der Waals surface area (Å²) in [4.78, 5) is 39.7. The van der Waals surface area contributed by atoms with E-state index in [9.17, 15) is 14.4 Å². The van der Waals surface area contributed by atoms with Crippen LogP contribution in [-0.4, -0.2) is 46.1 Å². The minimum absolute atomic E-state index is 0.0767. The number of hydrogen-bond donors (Lipinski definition) is 1. The maximum atomic E-state index is 12.9. The van der Waals surface area contributed by atoms with Crippen molar-refractivity contribution >= 4 is 22.6 Å². The zero-order valence-corrected chi connectivity index (χ0v) is 16.0. The number of nitrogens with zero attached hydrogens (tertiary/aromatic N) is 3. The first-order valence-electron chi connectivity index (χ1n) is 9.73. The Balaban J connectivity index is 1.63. The van der Waals surface area contributed by atoms with Crippen LogP contribution >= 0.6 is 0 Å². The third-order valence-corrected chi connectivity index (χ3v) is 5.12. The molecular weight excluding hydrogens is 368 g/mol. The molecule has 4 rings (SSSR count). The molecule has 148 valence electrons. The second-order valence-electron chi connectivity index (χ2n) is 7.11. The van der Waals surface area contributed by atoms with E-state index in [1.165, 1.54) is 4.68 Å². The van der Waals surface area contributed by atoms with Gasteiger partial charge in [-0.15, -0.1) is 0 Å². The largest absolute Gasteiger partial charge is 0.342 e. The maximum absolute atomic E-state index is 12.9. The molecule has 1 saturated heterocycles. The Morgan fingerprint density at radius 2 is 1.59 bits per heavy atom. The minimum Gasteiger partial charge on any atom is -0.342 e. The van der Waals surface area contributed by atoms with Crippen molar-refractivity contribution in [3.63, 3.8) is 0 Å². The molecule has 29 heavy (non-hydrogen) atoms. The number of carbonyl (C=O) groups excluding carboxylic acids is 2. The molecule has 2 heterocycles. The monoisotopic (exact) mass is 390 g/mol. The number of aromatic nitrogens is 2. The molecule has 0 radical (unpaired) electrons. The first-order valence-corrected chi connectivity index (χ1v) is 9.73. The molecule has 1 aliphatic heterocycles. The Hall–Kier alpha value is -3.48. The Morgan fingerprint density at radius 3 is 2.31 bits per heavy atom. The summed E-state index contributed by atoms with van der Waals surface area (Å²) in [5.74, 6) is -0.562. The zero-order chi connectivity index (χ0) is 20.2. The van der Waals surface area contributed by atoms with Crippen molar-refractivity contribution in [2.75, 3.05) is 19.6 Å². The lowest BCUT2D eigenvalue weighted by molar-refractivity contribution is -0.129. The van der Waals surface area contributed by atoms with Gasteiger partial charge in [0.25, 0.3) is 11.5 Å². The summed E-state index contributed by atoms with van der Waals surface area (Å²) < 4.78 is 1.30. The van der Waals surface area contributed by atoms with Crippen LogP contribution < -0.4 is 10.9 Å². The molecule has 0 atom stereocenters. The number of likely N-dealkylation sites (tertiary alicyclic amines) is 1. The second-order valence-corrected chi connectivity index (χ2v) is 7.11. The van der Waals surface area contributed by atoms with Crippen LogP contribution in [0.5, 0.6) is 0 Å². The van der Waals surface area contributed by atoms with Crippen LogP contribution in [0.4, 0.5) is 0 Å². The molecule has 0 saturated carbocycles. The van der Waals surface area contributed by atoms with Crippen LogP contribution in [0, 0.1) is 0 Å². The number of benzene rings is 2. The molecule has 0 spiro atoms. The normalized spacial score (nSPS) is 13.6. The molecule has 0 aliphatic carbocycles. The van der Waals surface area contributed by atoms with E-state index in [-0.39, 0.29) is 30.2 Å². The van der Waals surface area contributed by atoms with Gasteiger partial charge in [0.15, 0.2) is 5.69 Å². The van der Waals surface area contributed by atoms with Gasteiger partial charge >= 0.3 is 0 Å².